The molecule has 1 atom stereocenters. The lowest BCUT2D eigenvalue weighted by Gasteiger charge is -2.33. The molecule has 1 saturated heterocycles. The average molecular weight is 697 g/mol. The van der Waals surface area contributed by atoms with E-state index in [2.05, 4.69) is 21.5 Å². The van der Waals surface area contributed by atoms with Crippen molar-refractivity contribution in [3.05, 3.63) is 60.2 Å². The molecule has 2 aliphatic rings. The fourth-order valence-corrected chi connectivity index (χ4v) is 6.74. The number of ether oxygens (including phenoxy) is 3. The van der Waals surface area contributed by atoms with Crippen LogP contribution in [0, 0.1) is 5.92 Å². The van der Waals surface area contributed by atoms with Gasteiger partial charge in [-0.05, 0) is 103 Å². The first-order valence-electron chi connectivity index (χ1n) is 18.0. The lowest BCUT2D eigenvalue weighted by molar-refractivity contribution is -0.0366. The Bertz CT molecular complexity index is 2040. The Labute approximate surface area is 297 Å². The Morgan fingerprint density at radius 2 is 1.76 bits per heavy atom. The third-order valence-electron chi connectivity index (χ3n) is 9.30. The van der Waals surface area contributed by atoms with Crippen LogP contribution in [0.15, 0.2) is 48.9 Å². The van der Waals surface area contributed by atoms with E-state index in [0.29, 0.717) is 35.7 Å². The van der Waals surface area contributed by atoms with E-state index in [1.807, 2.05) is 82.9 Å². The van der Waals surface area contributed by atoms with E-state index in [4.69, 9.17) is 19.2 Å². The van der Waals surface area contributed by atoms with E-state index in [1.54, 1.807) is 15.8 Å². The van der Waals surface area contributed by atoms with Crippen LogP contribution < -0.4 is 0 Å². The molecule has 1 unspecified atom stereocenters. The van der Waals surface area contributed by atoms with Crippen molar-refractivity contribution in [1.29, 1.82) is 0 Å². The van der Waals surface area contributed by atoms with E-state index >= 15 is 0 Å². The van der Waals surface area contributed by atoms with Crippen molar-refractivity contribution >= 4 is 34.1 Å². The molecular formula is C38H48N8O5. The largest absolute Gasteiger partial charge is 0.444 e. The Morgan fingerprint density at radius 1 is 0.961 bits per heavy atom. The molecule has 51 heavy (non-hydrogen) atoms. The van der Waals surface area contributed by atoms with Gasteiger partial charge in [-0.15, -0.1) is 5.10 Å². The number of pyridine rings is 1. The normalized spacial score (nSPS) is 17.1. The zero-order valence-electron chi connectivity index (χ0n) is 30.5. The fraction of sp³-hybridized carbons (Fsp3) is 0.526. The molecule has 13 heteroatoms. The number of aromatic nitrogens is 7. The van der Waals surface area contributed by atoms with Gasteiger partial charge in [-0.1, -0.05) is 23.8 Å². The van der Waals surface area contributed by atoms with Gasteiger partial charge in [-0.25, -0.2) is 23.5 Å². The van der Waals surface area contributed by atoms with E-state index in [-0.39, 0.29) is 12.8 Å². The number of benzene rings is 1. The van der Waals surface area contributed by atoms with Crippen LogP contribution in [-0.4, -0.2) is 75.8 Å². The summed E-state index contributed by atoms with van der Waals surface area (Å²) in [6.45, 7) is 12.9. The second-order valence-corrected chi connectivity index (χ2v) is 15.8. The quantitative estimate of drug-likeness (QED) is 0.160. The fourth-order valence-electron chi connectivity index (χ4n) is 6.74. The Hall–Kier alpha value is -4.78. The highest BCUT2D eigenvalue weighted by Crippen LogP contribution is 2.32. The monoisotopic (exact) mass is 696 g/mol. The van der Waals surface area contributed by atoms with Gasteiger partial charge in [0.05, 0.1) is 47.7 Å². The molecule has 270 valence electrons. The van der Waals surface area contributed by atoms with Crippen molar-refractivity contribution in [2.45, 2.75) is 111 Å². The summed E-state index contributed by atoms with van der Waals surface area (Å²) in [6, 6.07) is 9.87. The molecule has 1 aromatic carbocycles. The molecule has 4 aromatic heterocycles. The van der Waals surface area contributed by atoms with Crippen LogP contribution in [0.3, 0.4) is 0 Å². The summed E-state index contributed by atoms with van der Waals surface area (Å²) < 4.78 is 22.9. The summed E-state index contributed by atoms with van der Waals surface area (Å²) in [6.07, 6.45) is 11.0. The standard InChI is InChI=1S/C38H48N8O5/c1-37(2,3)50-35(47)43(21-25-11-9-12-25)23-27-18-30-33(45(27)36(48)51-38(4,5)6)17-26(19-39-30)22-44-24-31(41-42-44)28-13-10-14-32-29(28)20-40-46(32)34-15-7-8-16-49-34/h10,13-14,17-20,24-25,34H,7-9,11-12,15-16,21-23H2,1-6H3. The molecule has 1 saturated carbocycles. The van der Waals surface area contributed by atoms with Crippen LogP contribution in [0.4, 0.5) is 9.59 Å². The van der Waals surface area contributed by atoms with Crippen molar-refractivity contribution < 1.29 is 23.8 Å². The number of fused-ring (bicyclic) bond motifs is 2. The van der Waals surface area contributed by atoms with Crippen molar-refractivity contribution in [1.82, 2.24) is 39.2 Å². The second kappa shape index (κ2) is 13.7. The first-order valence-corrected chi connectivity index (χ1v) is 18.0. The predicted molar refractivity (Wildman–Crippen MR) is 192 cm³/mol. The molecule has 0 N–H and O–H groups in total. The minimum Gasteiger partial charge on any atom is -0.444 e. The summed E-state index contributed by atoms with van der Waals surface area (Å²) in [5.41, 5.74) is 3.93. The Kier molecular flexibility index (Phi) is 9.34. The second-order valence-electron chi connectivity index (χ2n) is 15.8. The zero-order chi connectivity index (χ0) is 35.9. The SMILES string of the molecule is CC(C)(C)OC(=O)N(Cc1cc2ncc(Cn3cc(-c4cccc5c4cnn5C4CCCCO4)nn3)cc2n1C(=O)OC(C)(C)C)CC1CCC1. The topological polar surface area (TPSA) is 131 Å². The van der Waals surface area contributed by atoms with Gasteiger partial charge in [0.25, 0.3) is 0 Å². The number of rotatable bonds is 8. The molecule has 13 nitrogen and oxygen atoms in total. The minimum absolute atomic E-state index is 0.0622. The maximum atomic E-state index is 13.8. The van der Waals surface area contributed by atoms with Crippen molar-refractivity contribution in [2.75, 3.05) is 13.2 Å². The lowest BCUT2D eigenvalue weighted by Crippen LogP contribution is -2.41. The molecule has 7 rings (SSSR count). The minimum atomic E-state index is -0.729. The summed E-state index contributed by atoms with van der Waals surface area (Å²) in [7, 11) is 0. The number of amides is 1. The number of carbonyl (C=O) groups excluding carboxylic acids is 2. The summed E-state index contributed by atoms with van der Waals surface area (Å²) in [5.74, 6) is 0.406. The highest BCUT2D eigenvalue weighted by Gasteiger charge is 2.30. The van der Waals surface area contributed by atoms with Gasteiger partial charge in [0.15, 0.2) is 6.23 Å². The molecule has 1 aliphatic carbocycles. The molecule has 1 aliphatic heterocycles. The first-order chi connectivity index (χ1) is 24.3. The molecular weight excluding hydrogens is 648 g/mol. The molecule has 5 aromatic rings. The maximum Gasteiger partial charge on any atom is 0.419 e. The zero-order valence-corrected chi connectivity index (χ0v) is 30.5. The van der Waals surface area contributed by atoms with Crippen LogP contribution in [0.5, 0.6) is 0 Å². The smallest absolute Gasteiger partial charge is 0.419 e. The van der Waals surface area contributed by atoms with Gasteiger partial charge in [0.2, 0.25) is 0 Å². The van der Waals surface area contributed by atoms with Crippen LogP contribution in [-0.2, 0) is 27.3 Å². The lowest BCUT2D eigenvalue weighted by atomic mass is 9.85. The number of carbonyl (C=O) groups is 2. The Morgan fingerprint density at radius 3 is 2.47 bits per heavy atom. The molecule has 0 bridgehead atoms. The number of hydrogen-bond donors (Lipinski definition) is 0. The molecule has 0 spiro atoms. The van der Waals surface area contributed by atoms with Crippen LogP contribution in [0.2, 0.25) is 0 Å². The van der Waals surface area contributed by atoms with Crippen LogP contribution in [0.25, 0.3) is 33.2 Å². The van der Waals surface area contributed by atoms with Crippen LogP contribution in [0.1, 0.15) is 97.6 Å². The van der Waals surface area contributed by atoms with E-state index < -0.39 is 23.4 Å². The van der Waals surface area contributed by atoms with Gasteiger partial charge in [-0.2, -0.15) is 5.10 Å². The summed E-state index contributed by atoms with van der Waals surface area (Å²) in [5, 5.41) is 14.6. The van der Waals surface area contributed by atoms with Gasteiger partial charge in [0.1, 0.15) is 16.9 Å². The Balaban J connectivity index is 1.18. The number of hydrogen-bond acceptors (Lipinski definition) is 9. The van der Waals surface area contributed by atoms with Crippen molar-refractivity contribution in [3.63, 3.8) is 0 Å². The third-order valence-corrected chi connectivity index (χ3v) is 9.30. The highest BCUT2D eigenvalue weighted by molar-refractivity contribution is 5.93. The predicted octanol–water partition coefficient (Wildman–Crippen LogP) is 7.71. The van der Waals surface area contributed by atoms with E-state index in [0.717, 1.165) is 72.9 Å². The van der Waals surface area contributed by atoms with Crippen molar-refractivity contribution in [2.24, 2.45) is 5.92 Å². The van der Waals surface area contributed by atoms with Gasteiger partial charge < -0.3 is 19.1 Å². The molecule has 0 radical (unpaired) electrons. The molecule has 2 fully saturated rings. The van der Waals surface area contributed by atoms with Gasteiger partial charge in [0, 0.05) is 30.3 Å². The number of nitrogens with zero attached hydrogens (tertiary/aromatic N) is 8. The average Bonchev–Trinajstić information content (AvgIpc) is 3.77. The highest BCUT2D eigenvalue weighted by atomic mass is 16.6. The summed E-state index contributed by atoms with van der Waals surface area (Å²) >= 11 is 0. The first kappa shape index (κ1) is 34.7. The van der Waals surface area contributed by atoms with Crippen LogP contribution >= 0.6 is 0 Å². The molecule has 1 amide bonds. The summed E-state index contributed by atoms with van der Waals surface area (Å²) in [4.78, 5) is 33.7. The van der Waals surface area contributed by atoms with Crippen molar-refractivity contribution in [3.8, 4) is 11.3 Å². The maximum absolute atomic E-state index is 13.8. The van der Waals surface area contributed by atoms with E-state index in [9.17, 15) is 9.59 Å². The van der Waals surface area contributed by atoms with Gasteiger partial charge >= 0.3 is 12.2 Å². The van der Waals surface area contributed by atoms with E-state index in [1.165, 1.54) is 4.57 Å². The van der Waals surface area contributed by atoms with Gasteiger partial charge in [-0.3, -0.25) is 4.98 Å². The third kappa shape index (κ3) is 7.78. The molecule has 5 heterocycles.